The average Bonchev–Trinajstić information content (AvgIpc) is 3.09. The topological polar surface area (TPSA) is 60.3 Å². The van der Waals surface area contributed by atoms with Crippen LogP contribution in [0.25, 0.3) is 5.69 Å². The number of carbonyl (C=O) groups excluding carboxylic acids is 1. The van der Waals surface area contributed by atoms with E-state index in [0.29, 0.717) is 15.9 Å². The Balaban J connectivity index is 1.90. The normalized spacial score (nSPS) is 11.5. The van der Waals surface area contributed by atoms with Crippen LogP contribution in [0, 0.1) is 11.6 Å². The van der Waals surface area contributed by atoms with Crippen LogP contribution >= 0.6 is 23.4 Å². The summed E-state index contributed by atoms with van der Waals surface area (Å²) >= 11 is 7.10. The molecule has 0 bridgehead atoms. The maximum absolute atomic E-state index is 14.4. The molecule has 0 atom stereocenters. The number of aromatic nitrogens is 3. The van der Waals surface area contributed by atoms with Crippen molar-refractivity contribution in [2.45, 2.75) is 42.8 Å². The van der Waals surface area contributed by atoms with Gasteiger partial charge < -0.3 is 9.64 Å². The van der Waals surface area contributed by atoms with Crippen LogP contribution in [-0.2, 0) is 11.3 Å². The van der Waals surface area contributed by atoms with E-state index < -0.39 is 23.3 Å². The largest absolute Gasteiger partial charge is 0.443 e. The minimum atomic E-state index is -0.768. The zero-order valence-electron chi connectivity index (χ0n) is 17.4. The molecule has 0 spiro atoms. The Hall–Kier alpha value is -2.65. The van der Waals surface area contributed by atoms with Gasteiger partial charge in [0.25, 0.3) is 0 Å². The number of hydrogen-bond acceptors (Lipinski definition) is 5. The summed E-state index contributed by atoms with van der Waals surface area (Å²) in [4.78, 5) is 18.5. The highest BCUT2D eigenvalue weighted by Crippen LogP contribution is 2.31. The second kappa shape index (κ2) is 9.23. The Bertz CT molecular complexity index is 1080. The van der Waals surface area contributed by atoms with Gasteiger partial charge in [0.1, 0.15) is 34.0 Å². The summed E-state index contributed by atoms with van der Waals surface area (Å²) in [5.41, 5.74) is 0.0648. The van der Waals surface area contributed by atoms with Gasteiger partial charge in [0.05, 0.1) is 0 Å². The molecule has 3 rings (SSSR count). The molecule has 0 aliphatic carbocycles. The van der Waals surface area contributed by atoms with Crippen LogP contribution in [0.5, 0.6) is 0 Å². The SMILES string of the molecule is CN(C(=O)OCc1cc(Sc2ccc(Cl)nc2)n(-c2ccc(F)cc2F)n1)C(C)(C)C. The van der Waals surface area contributed by atoms with Crippen molar-refractivity contribution in [3.8, 4) is 5.69 Å². The van der Waals surface area contributed by atoms with E-state index in [1.54, 1.807) is 31.4 Å². The Morgan fingerprint density at radius 1 is 1.23 bits per heavy atom. The van der Waals surface area contributed by atoms with Crippen LogP contribution in [-0.4, -0.2) is 38.3 Å². The number of amides is 1. The van der Waals surface area contributed by atoms with Crippen LogP contribution in [0.3, 0.4) is 0 Å². The quantitative estimate of drug-likeness (QED) is 0.450. The highest BCUT2D eigenvalue weighted by atomic mass is 35.5. The highest BCUT2D eigenvalue weighted by molar-refractivity contribution is 7.99. The Labute approximate surface area is 188 Å². The smallest absolute Gasteiger partial charge is 0.410 e. The van der Waals surface area contributed by atoms with Crippen molar-refractivity contribution >= 4 is 29.5 Å². The second-order valence-electron chi connectivity index (χ2n) is 7.68. The predicted molar refractivity (Wildman–Crippen MR) is 115 cm³/mol. The van der Waals surface area contributed by atoms with Crippen molar-refractivity contribution in [2.75, 3.05) is 7.05 Å². The fourth-order valence-corrected chi connectivity index (χ4v) is 3.44. The lowest BCUT2D eigenvalue weighted by Gasteiger charge is -2.30. The van der Waals surface area contributed by atoms with Gasteiger partial charge >= 0.3 is 6.09 Å². The molecule has 0 unspecified atom stereocenters. The molecule has 2 aromatic heterocycles. The third kappa shape index (κ3) is 5.74. The van der Waals surface area contributed by atoms with Crippen molar-refractivity contribution in [1.82, 2.24) is 19.7 Å². The monoisotopic (exact) mass is 466 g/mol. The van der Waals surface area contributed by atoms with Crippen molar-refractivity contribution < 1.29 is 18.3 Å². The lowest BCUT2D eigenvalue weighted by atomic mass is 10.1. The number of ether oxygens (including phenoxy) is 1. The maximum Gasteiger partial charge on any atom is 0.410 e. The van der Waals surface area contributed by atoms with Gasteiger partial charge in [0.15, 0.2) is 5.82 Å². The lowest BCUT2D eigenvalue weighted by Crippen LogP contribution is -2.42. The molecule has 0 aliphatic rings. The number of benzene rings is 1. The van der Waals surface area contributed by atoms with Crippen molar-refractivity contribution in [1.29, 1.82) is 0 Å². The summed E-state index contributed by atoms with van der Waals surface area (Å²) in [7, 11) is 1.64. The van der Waals surface area contributed by atoms with Gasteiger partial charge in [-0.05, 0) is 51.1 Å². The van der Waals surface area contributed by atoms with Gasteiger partial charge in [0.2, 0.25) is 0 Å². The zero-order chi connectivity index (χ0) is 22.8. The summed E-state index contributed by atoms with van der Waals surface area (Å²) in [6, 6.07) is 8.30. The van der Waals surface area contributed by atoms with E-state index in [-0.39, 0.29) is 12.3 Å². The first-order valence-electron chi connectivity index (χ1n) is 9.29. The second-order valence-corrected chi connectivity index (χ2v) is 9.17. The summed E-state index contributed by atoms with van der Waals surface area (Å²) in [6.07, 6.45) is 1.06. The van der Waals surface area contributed by atoms with E-state index in [2.05, 4.69) is 10.1 Å². The van der Waals surface area contributed by atoms with Gasteiger partial charge in [-0.2, -0.15) is 5.10 Å². The third-order valence-electron chi connectivity index (χ3n) is 4.41. The molecule has 31 heavy (non-hydrogen) atoms. The van der Waals surface area contributed by atoms with Gasteiger partial charge in [-0.15, -0.1) is 0 Å². The Kier molecular flexibility index (Phi) is 6.86. The van der Waals surface area contributed by atoms with Crippen LogP contribution in [0.4, 0.5) is 13.6 Å². The molecule has 1 aromatic carbocycles. The van der Waals surface area contributed by atoms with Crippen molar-refractivity contribution in [2.24, 2.45) is 0 Å². The van der Waals surface area contributed by atoms with E-state index >= 15 is 0 Å². The van der Waals surface area contributed by atoms with E-state index in [1.165, 1.54) is 27.4 Å². The summed E-state index contributed by atoms with van der Waals surface area (Å²) in [5.74, 6) is -1.46. The van der Waals surface area contributed by atoms with E-state index in [1.807, 2.05) is 20.8 Å². The lowest BCUT2D eigenvalue weighted by molar-refractivity contribution is 0.0749. The van der Waals surface area contributed by atoms with E-state index in [4.69, 9.17) is 16.3 Å². The highest BCUT2D eigenvalue weighted by Gasteiger charge is 2.24. The first kappa shape index (κ1) is 23.0. The number of pyridine rings is 1. The summed E-state index contributed by atoms with van der Waals surface area (Å²) in [6.45, 7) is 5.54. The first-order chi connectivity index (χ1) is 14.5. The average molecular weight is 467 g/mol. The number of halogens is 3. The first-order valence-corrected chi connectivity index (χ1v) is 10.5. The molecular weight excluding hydrogens is 446 g/mol. The van der Waals surface area contributed by atoms with Gasteiger partial charge in [-0.25, -0.2) is 23.2 Å². The molecule has 164 valence electrons. The standard InChI is InChI=1S/C21H21ClF2N4O2S/c1-21(2,3)27(4)20(29)30-12-14-10-19(31-15-6-8-18(22)25-11-15)28(26-14)17-7-5-13(23)9-16(17)24/h5-11H,12H2,1-4H3. The molecule has 0 N–H and O–H groups in total. The van der Waals surface area contributed by atoms with Crippen molar-refractivity contribution in [3.05, 3.63) is 65.1 Å². The zero-order valence-corrected chi connectivity index (χ0v) is 19.0. The van der Waals surface area contributed by atoms with E-state index in [0.717, 1.165) is 17.0 Å². The molecule has 0 fully saturated rings. The van der Waals surface area contributed by atoms with Crippen LogP contribution in [0.15, 0.2) is 52.5 Å². The number of nitrogens with zero attached hydrogens (tertiary/aromatic N) is 4. The Morgan fingerprint density at radius 3 is 2.58 bits per heavy atom. The number of carbonyl (C=O) groups is 1. The van der Waals surface area contributed by atoms with Gasteiger partial charge in [-0.1, -0.05) is 23.4 Å². The maximum atomic E-state index is 14.4. The molecule has 3 aromatic rings. The predicted octanol–water partition coefficient (Wildman–Crippen LogP) is 5.72. The Morgan fingerprint density at radius 2 is 1.97 bits per heavy atom. The molecule has 0 radical (unpaired) electrons. The molecule has 2 heterocycles. The van der Waals surface area contributed by atoms with Crippen LogP contribution < -0.4 is 0 Å². The number of rotatable bonds is 5. The minimum Gasteiger partial charge on any atom is -0.443 e. The molecule has 0 aliphatic heterocycles. The molecule has 10 heteroatoms. The minimum absolute atomic E-state index is 0.0650. The van der Waals surface area contributed by atoms with Gasteiger partial charge in [-0.3, -0.25) is 0 Å². The van der Waals surface area contributed by atoms with Crippen LogP contribution in [0.2, 0.25) is 5.15 Å². The van der Waals surface area contributed by atoms with Gasteiger partial charge in [0, 0.05) is 29.7 Å². The fourth-order valence-electron chi connectivity index (χ4n) is 2.43. The molecular formula is C21H21ClF2N4O2S. The fraction of sp³-hybridized carbons (Fsp3) is 0.286. The third-order valence-corrected chi connectivity index (χ3v) is 5.61. The van der Waals surface area contributed by atoms with Crippen molar-refractivity contribution in [3.63, 3.8) is 0 Å². The molecule has 1 amide bonds. The number of hydrogen-bond donors (Lipinski definition) is 0. The molecule has 0 saturated heterocycles. The summed E-state index contributed by atoms with van der Waals surface area (Å²) < 4.78 is 34.5. The summed E-state index contributed by atoms with van der Waals surface area (Å²) in [5, 5.41) is 5.25. The molecule has 0 saturated carbocycles. The molecule has 6 nitrogen and oxygen atoms in total. The van der Waals surface area contributed by atoms with Crippen LogP contribution in [0.1, 0.15) is 26.5 Å². The van der Waals surface area contributed by atoms with E-state index in [9.17, 15) is 13.6 Å².